The highest BCUT2D eigenvalue weighted by Gasteiger charge is 2.11. The monoisotopic (exact) mass is 289 g/mol. The van der Waals surface area contributed by atoms with Crippen LogP contribution < -0.4 is 16.4 Å². The van der Waals surface area contributed by atoms with Gasteiger partial charge in [0.2, 0.25) is 11.8 Å². The molecule has 5 nitrogen and oxygen atoms in total. The lowest BCUT2D eigenvalue weighted by atomic mass is 10.1. The Morgan fingerprint density at radius 1 is 1.24 bits per heavy atom. The number of benzene rings is 1. The maximum atomic E-state index is 11.7. The van der Waals surface area contributed by atoms with E-state index in [1.54, 1.807) is 6.08 Å². The lowest BCUT2D eigenvalue weighted by molar-refractivity contribution is -0.122. The minimum atomic E-state index is -0.563. The smallest absolute Gasteiger partial charge is 0.237 e. The molecule has 1 unspecified atom stereocenters. The van der Waals surface area contributed by atoms with Gasteiger partial charge in [-0.3, -0.25) is 9.59 Å². The van der Waals surface area contributed by atoms with E-state index in [0.29, 0.717) is 13.0 Å². The van der Waals surface area contributed by atoms with Crippen LogP contribution in [0.5, 0.6) is 0 Å². The summed E-state index contributed by atoms with van der Waals surface area (Å²) >= 11 is 0. The number of hydrogen-bond acceptors (Lipinski definition) is 3. The summed E-state index contributed by atoms with van der Waals surface area (Å²) in [5, 5.41) is 5.57. The van der Waals surface area contributed by atoms with Crippen molar-refractivity contribution in [2.45, 2.75) is 32.9 Å². The Hall–Kier alpha value is -2.14. The molecule has 0 saturated heterocycles. The molecule has 1 rings (SSSR count). The third kappa shape index (κ3) is 5.79. The summed E-state index contributed by atoms with van der Waals surface area (Å²) in [4.78, 5) is 23.2. The van der Waals surface area contributed by atoms with E-state index in [-0.39, 0.29) is 17.7 Å². The number of rotatable bonds is 7. The van der Waals surface area contributed by atoms with Gasteiger partial charge < -0.3 is 16.4 Å². The molecule has 1 atom stereocenters. The zero-order valence-corrected chi connectivity index (χ0v) is 12.6. The van der Waals surface area contributed by atoms with Gasteiger partial charge in [-0.05, 0) is 24.1 Å². The van der Waals surface area contributed by atoms with Crippen LogP contribution in [0.15, 0.2) is 36.9 Å². The quantitative estimate of drug-likeness (QED) is 0.669. The number of amides is 2. The van der Waals surface area contributed by atoms with Crippen molar-refractivity contribution in [2.75, 3.05) is 5.32 Å². The summed E-state index contributed by atoms with van der Waals surface area (Å²) in [6.07, 6.45) is 2.07. The molecular weight excluding hydrogens is 266 g/mol. The van der Waals surface area contributed by atoms with Gasteiger partial charge in [0.15, 0.2) is 0 Å². The average molecular weight is 289 g/mol. The summed E-state index contributed by atoms with van der Waals surface area (Å²) in [5.41, 5.74) is 7.35. The van der Waals surface area contributed by atoms with Crippen LogP contribution in [0.1, 0.15) is 25.8 Å². The predicted molar refractivity (Wildman–Crippen MR) is 84.5 cm³/mol. The normalized spacial score (nSPS) is 11.8. The second-order valence-corrected chi connectivity index (χ2v) is 5.19. The molecule has 0 spiro atoms. The van der Waals surface area contributed by atoms with Crippen molar-refractivity contribution in [3.05, 3.63) is 42.5 Å². The zero-order valence-electron chi connectivity index (χ0n) is 12.6. The molecule has 0 aliphatic heterocycles. The molecule has 1 aromatic rings. The number of nitrogens with one attached hydrogen (secondary N) is 2. The summed E-state index contributed by atoms with van der Waals surface area (Å²) in [6, 6.07) is 6.77. The average Bonchev–Trinajstić information content (AvgIpc) is 2.46. The van der Waals surface area contributed by atoms with Gasteiger partial charge in [0.1, 0.15) is 0 Å². The Morgan fingerprint density at radius 2 is 1.86 bits per heavy atom. The summed E-state index contributed by atoms with van der Waals surface area (Å²) in [5.74, 6) is -0.283. The van der Waals surface area contributed by atoms with E-state index in [9.17, 15) is 9.59 Å². The molecule has 0 saturated carbocycles. The highest BCUT2D eigenvalue weighted by atomic mass is 16.2. The number of hydrogen-bond donors (Lipinski definition) is 3. The first kappa shape index (κ1) is 16.9. The largest absolute Gasteiger partial charge is 0.351 e. The van der Waals surface area contributed by atoms with Crippen molar-refractivity contribution in [3.8, 4) is 0 Å². The van der Waals surface area contributed by atoms with Gasteiger partial charge in [0, 0.05) is 18.2 Å². The minimum absolute atomic E-state index is 0.0218. The summed E-state index contributed by atoms with van der Waals surface area (Å²) in [7, 11) is 0. The van der Waals surface area contributed by atoms with E-state index in [1.165, 1.54) is 0 Å². The lowest BCUT2D eigenvalue weighted by Crippen LogP contribution is -2.39. The van der Waals surface area contributed by atoms with Crippen molar-refractivity contribution in [3.63, 3.8) is 0 Å². The van der Waals surface area contributed by atoms with Crippen LogP contribution in [0.25, 0.3) is 0 Å². The Morgan fingerprint density at radius 3 is 2.38 bits per heavy atom. The first-order valence-corrected chi connectivity index (χ1v) is 6.98. The minimum Gasteiger partial charge on any atom is -0.351 e. The van der Waals surface area contributed by atoms with Gasteiger partial charge >= 0.3 is 0 Å². The van der Waals surface area contributed by atoms with Crippen LogP contribution in [0.3, 0.4) is 0 Å². The fourth-order valence-corrected chi connectivity index (χ4v) is 1.60. The topological polar surface area (TPSA) is 84.2 Å². The van der Waals surface area contributed by atoms with Crippen molar-refractivity contribution in [1.82, 2.24) is 5.32 Å². The van der Waals surface area contributed by atoms with Crippen molar-refractivity contribution >= 4 is 17.5 Å². The third-order valence-electron chi connectivity index (χ3n) is 2.97. The first-order chi connectivity index (χ1) is 9.93. The molecule has 114 valence electrons. The summed E-state index contributed by atoms with van der Waals surface area (Å²) in [6.45, 7) is 7.64. The highest BCUT2D eigenvalue weighted by molar-refractivity contribution is 5.92. The number of anilines is 1. The Bertz CT molecular complexity index is 495. The predicted octanol–water partition coefficient (Wildman–Crippen LogP) is 1.80. The molecule has 5 heteroatoms. The summed E-state index contributed by atoms with van der Waals surface area (Å²) < 4.78 is 0. The Labute approximate surface area is 125 Å². The van der Waals surface area contributed by atoms with Gasteiger partial charge in [-0.15, -0.1) is 6.58 Å². The molecule has 2 amide bonds. The van der Waals surface area contributed by atoms with E-state index < -0.39 is 6.04 Å². The fraction of sp³-hybridized carbons (Fsp3) is 0.375. The van der Waals surface area contributed by atoms with Gasteiger partial charge in [-0.25, -0.2) is 0 Å². The van der Waals surface area contributed by atoms with Crippen molar-refractivity contribution in [2.24, 2.45) is 11.7 Å². The van der Waals surface area contributed by atoms with Crippen LogP contribution in [-0.2, 0) is 16.1 Å². The fourth-order valence-electron chi connectivity index (χ4n) is 1.60. The molecule has 0 bridgehead atoms. The molecule has 0 aliphatic carbocycles. The van der Waals surface area contributed by atoms with Crippen molar-refractivity contribution < 1.29 is 9.59 Å². The first-order valence-electron chi connectivity index (χ1n) is 6.98. The number of carbonyl (C=O) groups is 2. The van der Waals surface area contributed by atoms with E-state index in [4.69, 9.17) is 5.73 Å². The van der Waals surface area contributed by atoms with Crippen LogP contribution >= 0.6 is 0 Å². The van der Waals surface area contributed by atoms with Crippen LogP contribution in [0, 0.1) is 5.92 Å². The third-order valence-corrected chi connectivity index (χ3v) is 2.97. The Balaban J connectivity index is 2.49. The van der Waals surface area contributed by atoms with E-state index >= 15 is 0 Å². The maximum absolute atomic E-state index is 11.7. The number of nitrogens with two attached hydrogens (primary N) is 1. The van der Waals surface area contributed by atoms with Crippen molar-refractivity contribution in [1.29, 1.82) is 0 Å². The van der Waals surface area contributed by atoms with E-state index in [0.717, 1.165) is 11.3 Å². The molecular formula is C16H23N3O2. The molecule has 4 N–H and O–H groups in total. The van der Waals surface area contributed by atoms with Crippen LogP contribution in [0.4, 0.5) is 5.69 Å². The SMILES string of the molecule is C=CCC(N)C(=O)NCc1ccc(NC(=O)C(C)C)cc1. The van der Waals surface area contributed by atoms with E-state index in [1.807, 2.05) is 38.1 Å². The molecule has 1 aromatic carbocycles. The molecule has 21 heavy (non-hydrogen) atoms. The Kier molecular flexibility index (Phi) is 6.62. The van der Waals surface area contributed by atoms with Gasteiger partial charge in [0.25, 0.3) is 0 Å². The molecule has 0 aromatic heterocycles. The van der Waals surface area contributed by atoms with Gasteiger partial charge in [0.05, 0.1) is 6.04 Å². The standard InChI is InChI=1S/C16H23N3O2/c1-4-5-14(17)16(21)18-10-12-6-8-13(9-7-12)19-15(20)11(2)3/h4,6-9,11,14H,1,5,10,17H2,2-3H3,(H,18,21)(H,19,20). The molecule has 0 aliphatic rings. The van der Waals surface area contributed by atoms with Crippen LogP contribution in [0.2, 0.25) is 0 Å². The highest BCUT2D eigenvalue weighted by Crippen LogP contribution is 2.11. The second kappa shape index (κ2) is 8.21. The maximum Gasteiger partial charge on any atom is 0.237 e. The van der Waals surface area contributed by atoms with Gasteiger partial charge in [-0.1, -0.05) is 32.1 Å². The molecule has 0 radical (unpaired) electrons. The molecule has 0 fully saturated rings. The number of carbonyl (C=O) groups excluding carboxylic acids is 2. The van der Waals surface area contributed by atoms with Gasteiger partial charge in [-0.2, -0.15) is 0 Å². The van der Waals surface area contributed by atoms with E-state index in [2.05, 4.69) is 17.2 Å². The zero-order chi connectivity index (χ0) is 15.8. The lowest BCUT2D eigenvalue weighted by Gasteiger charge is -2.11. The second-order valence-electron chi connectivity index (χ2n) is 5.19. The molecule has 0 heterocycles. The van der Waals surface area contributed by atoms with Crippen LogP contribution in [-0.4, -0.2) is 17.9 Å².